The molecule has 0 aliphatic heterocycles. The van der Waals surface area contributed by atoms with E-state index in [0.29, 0.717) is 12.1 Å². The van der Waals surface area contributed by atoms with E-state index in [2.05, 4.69) is 20.1 Å². The first kappa shape index (κ1) is 11.7. The third-order valence-corrected chi connectivity index (χ3v) is 1.55. The van der Waals surface area contributed by atoms with Gasteiger partial charge in [0.2, 0.25) is 0 Å². The minimum absolute atomic E-state index is 0.264. The van der Waals surface area contributed by atoms with Gasteiger partial charge in [-0.05, 0) is 29.3 Å². The van der Waals surface area contributed by atoms with Crippen LogP contribution in [0.3, 0.4) is 0 Å². The molecule has 0 saturated heterocycles. The van der Waals surface area contributed by atoms with Crippen molar-refractivity contribution in [2.75, 3.05) is 0 Å². The lowest BCUT2D eigenvalue weighted by Gasteiger charge is -2.07. The number of halogens is 3. The summed E-state index contributed by atoms with van der Waals surface area (Å²) >= 11 is 0. The lowest BCUT2D eigenvalue weighted by Crippen LogP contribution is -2.03. The predicted molar refractivity (Wildman–Crippen MR) is 49.1 cm³/mol. The number of azide groups is 2. The maximum absolute atomic E-state index is 12.4. The predicted octanol–water partition coefficient (Wildman–Crippen LogP) is 4.59. The van der Waals surface area contributed by atoms with Gasteiger partial charge in [0, 0.05) is 21.2 Å². The van der Waals surface area contributed by atoms with Crippen LogP contribution in [0.25, 0.3) is 20.9 Å². The Bertz CT molecular complexity index is 459. The van der Waals surface area contributed by atoms with Crippen LogP contribution >= 0.6 is 0 Å². The van der Waals surface area contributed by atoms with E-state index >= 15 is 0 Å². The Morgan fingerprint density at radius 2 is 1.38 bits per heavy atom. The molecule has 0 atom stereocenters. The van der Waals surface area contributed by atoms with Gasteiger partial charge in [0.25, 0.3) is 0 Å². The fraction of sp³-hybridized carbons (Fsp3) is 0.143. The van der Waals surface area contributed by atoms with Crippen molar-refractivity contribution in [1.29, 1.82) is 0 Å². The molecule has 1 aromatic carbocycles. The van der Waals surface area contributed by atoms with Gasteiger partial charge in [-0.1, -0.05) is 10.2 Å². The Kier molecular flexibility index (Phi) is 3.24. The lowest BCUT2D eigenvalue weighted by molar-refractivity contribution is -0.137. The number of nitrogens with zero attached hydrogens (tertiary/aromatic N) is 6. The number of alkyl halides is 3. The topological polar surface area (TPSA) is 97.5 Å². The molecular formula is C7H3F3N6. The highest BCUT2D eigenvalue weighted by molar-refractivity contribution is 5.54. The molecule has 0 amide bonds. The summed E-state index contributed by atoms with van der Waals surface area (Å²) in [6.07, 6.45) is -4.60. The zero-order valence-electron chi connectivity index (χ0n) is 7.55. The first-order valence-electron chi connectivity index (χ1n) is 3.80. The summed E-state index contributed by atoms with van der Waals surface area (Å²) in [7, 11) is 0. The Labute approximate surface area is 86.6 Å². The van der Waals surface area contributed by atoms with Gasteiger partial charge in [-0.15, -0.1) is 0 Å². The van der Waals surface area contributed by atoms with Gasteiger partial charge in [0.1, 0.15) is 0 Å². The summed E-state index contributed by atoms with van der Waals surface area (Å²) in [5.74, 6) is 0. The van der Waals surface area contributed by atoms with Crippen molar-refractivity contribution in [3.63, 3.8) is 0 Å². The third kappa shape index (κ3) is 2.81. The van der Waals surface area contributed by atoms with Crippen molar-refractivity contribution in [2.24, 2.45) is 10.2 Å². The van der Waals surface area contributed by atoms with Crippen molar-refractivity contribution in [1.82, 2.24) is 0 Å². The van der Waals surface area contributed by atoms with Crippen molar-refractivity contribution in [3.8, 4) is 0 Å². The van der Waals surface area contributed by atoms with Crippen LogP contribution in [-0.2, 0) is 6.18 Å². The molecule has 0 N–H and O–H groups in total. The molecule has 16 heavy (non-hydrogen) atoms. The molecule has 0 aliphatic rings. The second-order valence-corrected chi connectivity index (χ2v) is 2.61. The highest BCUT2D eigenvalue weighted by Gasteiger charge is 2.30. The van der Waals surface area contributed by atoms with Gasteiger partial charge < -0.3 is 0 Å². The number of hydrogen-bond donors (Lipinski definition) is 0. The Morgan fingerprint density at radius 3 is 1.69 bits per heavy atom. The largest absolute Gasteiger partial charge is 0.416 e. The summed E-state index contributed by atoms with van der Waals surface area (Å²) in [5, 5.41) is 6.04. The van der Waals surface area contributed by atoms with Gasteiger partial charge in [0.15, 0.2) is 0 Å². The van der Waals surface area contributed by atoms with Crippen molar-refractivity contribution >= 4 is 11.4 Å². The molecule has 0 aliphatic carbocycles. The summed E-state index contributed by atoms with van der Waals surface area (Å²) in [4.78, 5) is 4.71. The van der Waals surface area contributed by atoms with E-state index in [9.17, 15) is 13.2 Å². The van der Waals surface area contributed by atoms with Crippen LogP contribution < -0.4 is 0 Å². The van der Waals surface area contributed by atoms with E-state index in [0.717, 1.165) is 6.07 Å². The molecule has 6 nitrogen and oxygen atoms in total. The zero-order valence-corrected chi connectivity index (χ0v) is 7.55. The van der Waals surface area contributed by atoms with E-state index in [-0.39, 0.29) is 11.4 Å². The zero-order chi connectivity index (χ0) is 12.2. The van der Waals surface area contributed by atoms with Crippen LogP contribution in [-0.4, -0.2) is 0 Å². The summed E-state index contributed by atoms with van der Waals surface area (Å²) in [5.41, 5.74) is 14.6. The van der Waals surface area contributed by atoms with Crippen molar-refractivity contribution in [2.45, 2.75) is 6.18 Å². The first-order valence-corrected chi connectivity index (χ1v) is 3.80. The van der Waals surface area contributed by atoms with Crippen LogP contribution in [0.15, 0.2) is 28.4 Å². The monoisotopic (exact) mass is 228 g/mol. The molecule has 0 heterocycles. The minimum atomic E-state index is -4.60. The Hall–Kier alpha value is -2.37. The molecule has 0 fully saturated rings. The maximum Gasteiger partial charge on any atom is 0.416 e. The van der Waals surface area contributed by atoms with Gasteiger partial charge in [-0.25, -0.2) is 0 Å². The van der Waals surface area contributed by atoms with Gasteiger partial charge in [-0.3, -0.25) is 0 Å². The van der Waals surface area contributed by atoms with E-state index in [1.807, 2.05) is 0 Å². The highest BCUT2D eigenvalue weighted by atomic mass is 19.4. The molecule has 0 spiro atoms. The smallest absolute Gasteiger partial charge is 0.166 e. The standard InChI is InChI=1S/C7H3F3N6/c8-7(9,10)4-1-5(13-15-11)3-6(2-4)14-16-12/h1-3H. The molecule has 0 saturated carbocycles. The van der Waals surface area contributed by atoms with Crippen LogP contribution in [0, 0.1) is 0 Å². The highest BCUT2D eigenvalue weighted by Crippen LogP contribution is 2.35. The van der Waals surface area contributed by atoms with E-state index < -0.39 is 11.7 Å². The summed E-state index contributed by atoms with van der Waals surface area (Å²) in [6, 6.07) is 2.38. The fourth-order valence-corrected chi connectivity index (χ4v) is 0.978. The van der Waals surface area contributed by atoms with E-state index in [1.54, 1.807) is 0 Å². The Balaban J connectivity index is 3.40. The van der Waals surface area contributed by atoms with E-state index in [4.69, 9.17) is 11.1 Å². The summed E-state index contributed by atoms with van der Waals surface area (Å²) in [6.45, 7) is 0. The fourth-order valence-electron chi connectivity index (χ4n) is 0.978. The number of benzene rings is 1. The molecule has 9 heteroatoms. The SMILES string of the molecule is [N-]=[N+]=Nc1cc(N=[N+]=[N-])cc(C(F)(F)F)c1. The van der Waals surface area contributed by atoms with Gasteiger partial charge >= 0.3 is 6.18 Å². The van der Waals surface area contributed by atoms with Gasteiger partial charge in [-0.2, -0.15) is 13.2 Å². The van der Waals surface area contributed by atoms with Crippen LogP contribution in [0.5, 0.6) is 0 Å². The molecule has 0 radical (unpaired) electrons. The molecule has 82 valence electrons. The molecule has 1 aromatic rings. The second kappa shape index (κ2) is 4.43. The van der Waals surface area contributed by atoms with Crippen LogP contribution in [0.4, 0.5) is 24.5 Å². The molecule has 0 aromatic heterocycles. The van der Waals surface area contributed by atoms with E-state index in [1.165, 1.54) is 0 Å². The second-order valence-electron chi connectivity index (χ2n) is 2.61. The van der Waals surface area contributed by atoms with Gasteiger partial charge in [0.05, 0.1) is 5.56 Å². The molecule has 1 rings (SSSR count). The van der Waals surface area contributed by atoms with Crippen LogP contribution in [0.2, 0.25) is 0 Å². The average molecular weight is 228 g/mol. The quantitative estimate of drug-likeness (QED) is 0.401. The lowest BCUT2D eigenvalue weighted by atomic mass is 10.1. The number of hydrogen-bond acceptors (Lipinski definition) is 2. The number of rotatable bonds is 2. The minimum Gasteiger partial charge on any atom is -0.166 e. The maximum atomic E-state index is 12.4. The molecule has 0 bridgehead atoms. The first-order chi connectivity index (χ1) is 7.47. The third-order valence-electron chi connectivity index (χ3n) is 1.55. The van der Waals surface area contributed by atoms with Crippen molar-refractivity contribution in [3.05, 3.63) is 44.6 Å². The average Bonchev–Trinajstić information content (AvgIpc) is 2.17. The molecule has 0 unspecified atom stereocenters. The summed E-state index contributed by atoms with van der Waals surface area (Å²) < 4.78 is 37.1. The van der Waals surface area contributed by atoms with Crippen molar-refractivity contribution < 1.29 is 13.2 Å². The van der Waals surface area contributed by atoms with Crippen LogP contribution in [0.1, 0.15) is 5.56 Å². The Morgan fingerprint density at radius 1 is 0.938 bits per heavy atom. The molecular weight excluding hydrogens is 225 g/mol. The normalized spacial score (nSPS) is 10.2.